The average Bonchev–Trinajstić information content (AvgIpc) is 3.26. The summed E-state index contributed by atoms with van der Waals surface area (Å²) in [5.41, 5.74) is -2.67. The van der Waals surface area contributed by atoms with Gasteiger partial charge in [-0.3, -0.25) is 0 Å². The highest BCUT2D eigenvalue weighted by Crippen LogP contribution is 2.49. The van der Waals surface area contributed by atoms with E-state index in [9.17, 15) is 9.60 Å². The summed E-state index contributed by atoms with van der Waals surface area (Å²) in [5, 5.41) is -6.39. The maximum absolute atomic E-state index is 9.97. The maximum Gasteiger partial charge on any atom is 0.0636 e. The van der Waals surface area contributed by atoms with E-state index in [4.69, 9.17) is 23.3 Å². The van der Waals surface area contributed by atoms with Crippen molar-refractivity contribution in [3.63, 3.8) is 0 Å². The van der Waals surface area contributed by atoms with Gasteiger partial charge in [-0.1, -0.05) is 139 Å². The number of benzene rings is 9. The lowest BCUT2D eigenvalue weighted by atomic mass is 9.81. The molecule has 0 nitrogen and oxygen atoms in total. The summed E-state index contributed by atoms with van der Waals surface area (Å²) in [4.78, 5) is 0. The summed E-state index contributed by atoms with van der Waals surface area (Å²) in [5.74, 6) is 0. The molecule has 0 aromatic heterocycles. The predicted molar refractivity (Wildman–Crippen MR) is 174 cm³/mol. The van der Waals surface area contributed by atoms with Gasteiger partial charge in [0, 0.05) is 0 Å². The zero-order valence-corrected chi connectivity index (χ0v) is 20.0. The molecule has 0 saturated heterocycles. The smallest absolute Gasteiger partial charge is 0.0622 e. The monoisotopic (exact) mass is 528 g/mol. The van der Waals surface area contributed by atoms with Crippen LogP contribution in [0, 0.1) is 0 Å². The van der Waals surface area contributed by atoms with Crippen molar-refractivity contribution < 1.29 is 32.9 Å². The van der Waals surface area contributed by atoms with Gasteiger partial charge in [-0.15, -0.1) is 0 Å². The maximum atomic E-state index is 9.97. The summed E-state index contributed by atoms with van der Waals surface area (Å²) in [7, 11) is 0. The molecule has 0 saturated carbocycles. The molecule has 0 aliphatic heterocycles. The van der Waals surface area contributed by atoms with Crippen LogP contribution in [-0.2, 0) is 0 Å². The van der Waals surface area contributed by atoms with E-state index in [2.05, 4.69) is 0 Å². The van der Waals surface area contributed by atoms with Crippen LogP contribution in [0.1, 0.15) is 32.9 Å². The van der Waals surface area contributed by atoms with Gasteiger partial charge in [0.15, 0.2) is 0 Å². The standard InChI is InChI=1S/C40H24/c1-2-11-26(12-3-1)37-31-17-6-7-18-32(31)40(39-30-16-5-4-10-25(30)22-23-34(37)39)35-24-29-15-8-13-27-20-21-28-14-9-19-33(35)38(28)36(27)29/h1-24H/i1D,2D,3D,4D,5D,6D,7D,8D,9D,10D,11D,12D,13D,14D,15D,16D,17D,18D,19D,20D,21D,22D,23D,24D. The first-order chi connectivity index (χ1) is 29.9. The van der Waals surface area contributed by atoms with Gasteiger partial charge >= 0.3 is 0 Å². The second-order valence-corrected chi connectivity index (χ2v) is 9.00. The van der Waals surface area contributed by atoms with Crippen LogP contribution in [0.5, 0.6) is 0 Å². The predicted octanol–water partition coefficient (Wildman–Crippen LogP) is 11.4. The van der Waals surface area contributed by atoms with E-state index in [1.165, 1.54) is 0 Å². The molecule has 9 rings (SSSR count). The van der Waals surface area contributed by atoms with Gasteiger partial charge in [0.05, 0.1) is 32.9 Å². The van der Waals surface area contributed by atoms with E-state index >= 15 is 0 Å². The zero-order chi connectivity index (χ0) is 47.1. The molecule has 184 valence electrons. The molecule has 0 heteroatoms. The van der Waals surface area contributed by atoms with Crippen molar-refractivity contribution in [3.8, 4) is 22.3 Å². The van der Waals surface area contributed by atoms with E-state index in [0.29, 0.717) is 0 Å². The lowest BCUT2D eigenvalue weighted by Gasteiger charge is -2.21. The van der Waals surface area contributed by atoms with Crippen molar-refractivity contribution in [2.45, 2.75) is 0 Å². The van der Waals surface area contributed by atoms with Crippen LogP contribution in [-0.4, -0.2) is 0 Å². The summed E-state index contributed by atoms with van der Waals surface area (Å²) in [6, 6.07) is -20.8. The van der Waals surface area contributed by atoms with Crippen molar-refractivity contribution in [1.29, 1.82) is 0 Å². The molecule has 0 bridgehead atoms. The Morgan fingerprint density at radius 2 is 0.900 bits per heavy atom. The van der Waals surface area contributed by atoms with Crippen molar-refractivity contribution >= 4 is 64.6 Å². The van der Waals surface area contributed by atoms with Crippen LogP contribution >= 0.6 is 0 Å². The molecule has 0 spiro atoms. The molecular weight excluding hydrogens is 480 g/mol. The second-order valence-electron chi connectivity index (χ2n) is 9.00. The molecule has 0 N–H and O–H groups in total. The largest absolute Gasteiger partial charge is 0.0636 e. The fourth-order valence-corrected chi connectivity index (χ4v) is 5.44. The highest BCUT2D eigenvalue weighted by Gasteiger charge is 2.21. The quantitative estimate of drug-likeness (QED) is 0.155. The lowest BCUT2D eigenvalue weighted by molar-refractivity contribution is 1.67. The minimum atomic E-state index is -0.954. The Kier molecular flexibility index (Phi) is 1.82. The molecule has 0 atom stereocenters. The third kappa shape index (κ3) is 2.91. The normalized spacial score (nSPS) is 20.4. The Balaban J connectivity index is 1.82. The molecule has 0 aliphatic rings. The topological polar surface area (TPSA) is 0 Å². The first-order valence-corrected chi connectivity index (χ1v) is 12.0. The number of fused-ring (bicyclic) bond motifs is 4. The first-order valence-electron chi connectivity index (χ1n) is 24.0. The molecule has 0 heterocycles. The molecule has 40 heavy (non-hydrogen) atoms. The van der Waals surface area contributed by atoms with Crippen molar-refractivity contribution in [2.75, 3.05) is 0 Å². The molecular formula is C40H24. The Labute approximate surface area is 265 Å². The highest BCUT2D eigenvalue weighted by molar-refractivity contribution is 6.33. The van der Waals surface area contributed by atoms with Gasteiger partial charge in [-0.05, 0) is 92.9 Å². The van der Waals surface area contributed by atoms with E-state index in [0.717, 1.165) is 0 Å². The third-order valence-corrected chi connectivity index (χ3v) is 7.00. The number of hydrogen-bond acceptors (Lipinski definition) is 0. The highest BCUT2D eigenvalue weighted by atomic mass is 14.2. The van der Waals surface area contributed by atoms with Gasteiger partial charge < -0.3 is 0 Å². The Bertz CT molecular complexity index is 3730. The minimum Gasteiger partial charge on any atom is -0.0622 e. The van der Waals surface area contributed by atoms with Gasteiger partial charge in [-0.25, -0.2) is 0 Å². The first kappa shape index (κ1) is 8.91. The van der Waals surface area contributed by atoms with Crippen LogP contribution in [0.4, 0.5) is 0 Å². The molecule has 0 radical (unpaired) electrons. The van der Waals surface area contributed by atoms with Gasteiger partial charge in [-0.2, -0.15) is 0 Å². The van der Waals surface area contributed by atoms with E-state index in [1.54, 1.807) is 0 Å². The summed E-state index contributed by atoms with van der Waals surface area (Å²) >= 11 is 0. The van der Waals surface area contributed by atoms with Crippen LogP contribution < -0.4 is 0 Å². The molecule has 0 aliphatic carbocycles. The molecule has 0 amide bonds. The van der Waals surface area contributed by atoms with Crippen LogP contribution in [0.25, 0.3) is 86.9 Å². The molecule has 0 fully saturated rings. The minimum absolute atomic E-state index is 0.291. The van der Waals surface area contributed by atoms with Crippen LogP contribution in [0.15, 0.2) is 145 Å². The SMILES string of the molecule is [2H]c1c([2H])c([2H])c(-c2c3c([2H])c([2H])c([2H])c([2H])c3c(-c3c([2H])c4c([2H])c([2H])c([2H])c5c([2H])c([2H])c6c([2H])c([2H])c([2H])c3c6c54)c3c2c([2H])c([2H])c2c([2H])c([2H])c([2H])c([2H])c23)c([2H])c1[2H]. The Morgan fingerprint density at radius 1 is 0.325 bits per heavy atom. The summed E-state index contributed by atoms with van der Waals surface area (Å²) in [6.45, 7) is 0. The van der Waals surface area contributed by atoms with Crippen molar-refractivity contribution in [1.82, 2.24) is 0 Å². The van der Waals surface area contributed by atoms with E-state index in [1.807, 2.05) is 0 Å². The van der Waals surface area contributed by atoms with E-state index < -0.39 is 221 Å². The fourth-order valence-electron chi connectivity index (χ4n) is 5.44. The zero-order valence-electron chi connectivity index (χ0n) is 44.0. The molecule has 9 aromatic rings. The Morgan fingerprint density at radius 3 is 1.73 bits per heavy atom. The Hall–Kier alpha value is -5.20. The van der Waals surface area contributed by atoms with Gasteiger partial charge in [0.25, 0.3) is 0 Å². The number of hydrogen-bond donors (Lipinski definition) is 0. The van der Waals surface area contributed by atoms with E-state index in [-0.39, 0.29) is 10.8 Å². The summed E-state index contributed by atoms with van der Waals surface area (Å²) in [6.07, 6.45) is 0. The van der Waals surface area contributed by atoms with Gasteiger partial charge in [0.1, 0.15) is 0 Å². The van der Waals surface area contributed by atoms with Crippen molar-refractivity contribution in [3.05, 3.63) is 145 Å². The number of rotatable bonds is 2. The van der Waals surface area contributed by atoms with Gasteiger partial charge in [0.2, 0.25) is 0 Å². The third-order valence-electron chi connectivity index (χ3n) is 7.00. The van der Waals surface area contributed by atoms with Crippen LogP contribution in [0.2, 0.25) is 0 Å². The average molecular weight is 529 g/mol. The van der Waals surface area contributed by atoms with Crippen LogP contribution in [0.3, 0.4) is 0 Å². The fraction of sp³-hybridized carbons (Fsp3) is 0. The lowest BCUT2D eigenvalue weighted by Crippen LogP contribution is -1.94. The molecule has 9 aromatic carbocycles. The second kappa shape index (κ2) is 8.15. The summed E-state index contributed by atoms with van der Waals surface area (Å²) < 4.78 is 217. The molecule has 0 unspecified atom stereocenters. The van der Waals surface area contributed by atoms with Crippen molar-refractivity contribution in [2.24, 2.45) is 0 Å².